The summed E-state index contributed by atoms with van der Waals surface area (Å²) in [7, 11) is 0. The lowest BCUT2D eigenvalue weighted by Crippen LogP contribution is -2.52. The second kappa shape index (κ2) is 8.35. The highest BCUT2D eigenvalue weighted by Gasteiger charge is 2.31. The molecule has 2 aromatic rings. The van der Waals surface area contributed by atoms with Crippen LogP contribution in [-0.4, -0.2) is 43.1 Å². The first-order valence-electron chi connectivity index (χ1n) is 9.60. The Morgan fingerprint density at radius 2 is 1.69 bits per heavy atom. The molecule has 0 bridgehead atoms. The predicted molar refractivity (Wildman–Crippen MR) is 106 cm³/mol. The number of aryl methyl sites for hydroxylation is 1. The molecule has 1 atom stereocenters. The van der Waals surface area contributed by atoms with Crippen molar-refractivity contribution in [1.29, 1.82) is 0 Å². The molecule has 2 aromatic carbocycles. The summed E-state index contributed by atoms with van der Waals surface area (Å²) >= 11 is 0. The molecular weight excluding hydrogens is 381 g/mol. The molecule has 4 nitrogen and oxygen atoms in total. The molecule has 1 unspecified atom stereocenters. The molecular formula is C22H25F3N2O2. The molecule has 1 fully saturated rings. The molecule has 1 heterocycles. The quantitative estimate of drug-likeness (QED) is 0.753. The van der Waals surface area contributed by atoms with Crippen molar-refractivity contribution in [2.45, 2.75) is 33.1 Å². The summed E-state index contributed by atoms with van der Waals surface area (Å²) in [6.45, 7) is 7.50. The number of carbonyl (C=O) groups is 1. The highest BCUT2D eigenvalue weighted by Crippen LogP contribution is 2.32. The van der Waals surface area contributed by atoms with Crippen molar-refractivity contribution < 1.29 is 22.7 Å². The number of ether oxygens (including phenoxy) is 1. The Kier molecular flexibility index (Phi) is 6.05. The van der Waals surface area contributed by atoms with Gasteiger partial charge in [0.25, 0.3) is 5.91 Å². The lowest BCUT2D eigenvalue weighted by molar-refractivity contribution is -0.138. The molecule has 0 radical (unpaired) electrons. The standard InChI is InChI=1S/C22H25F3N2O2/c1-15-6-4-9-20(16(15)2)29-17(3)21(28)27-12-10-26(11-13-27)19-8-5-7-18(14-19)22(23,24)25/h4-9,14,17H,10-13H2,1-3H3. The first-order valence-corrected chi connectivity index (χ1v) is 9.60. The number of anilines is 1. The van der Waals surface area contributed by atoms with Crippen LogP contribution in [0, 0.1) is 13.8 Å². The molecule has 1 aliphatic rings. The van der Waals surface area contributed by atoms with Crippen LogP contribution in [0.5, 0.6) is 5.75 Å². The average Bonchev–Trinajstić information content (AvgIpc) is 2.70. The van der Waals surface area contributed by atoms with Crippen LogP contribution < -0.4 is 9.64 Å². The minimum atomic E-state index is -4.37. The molecule has 156 valence electrons. The molecule has 3 rings (SSSR count). The minimum absolute atomic E-state index is 0.116. The smallest absolute Gasteiger partial charge is 0.416 e. The highest BCUT2D eigenvalue weighted by atomic mass is 19.4. The number of benzene rings is 2. The third kappa shape index (κ3) is 4.83. The van der Waals surface area contributed by atoms with Gasteiger partial charge in [-0.05, 0) is 56.2 Å². The largest absolute Gasteiger partial charge is 0.481 e. The first-order chi connectivity index (χ1) is 13.7. The van der Waals surface area contributed by atoms with Gasteiger partial charge in [-0.25, -0.2) is 0 Å². The van der Waals surface area contributed by atoms with Crippen molar-refractivity contribution in [2.24, 2.45) is 0 Å². The number of rotatable bonds is 4. The van der Waals surface area contributed by atoms with Crippen LogP contribution in [0.2, 0.25) is 0 Å². The van der Waals surface area contributed by atoms with Gasteiger partial charge in [-0.3, -0.25) is 4.79 Å². The molecule has 0 aromatic heterocycles. The number of piperazine rings is 1. The predicted octanol–water partition coefficient (Wildman–Crippen LogP) is 4.44. The van der Waals surface area contributed by atoms with Gasteiger partial charge in [-0.1, -0.05) is 18.2 Å². The van der Waals surface area contributed by atoms with Crippen molar-refractivity contribution in [1.82, 2.24) is 4.90 Å². The highest BCUT2D eigenvalue weighted by molar-refractivity contribution is 5.81. The van der Waals surface area contributed by atoms with Gasteiger partial charge in [0.05, 0.1) is 5.56 Å². The fraction of sp³-hybridized carbons (Fsp3) is 0.409. The topological polar surface area (TPSA) is 32.8 Å². The number of halogens is 3. The summed E-state index contributed by atoms with van der Waals surface area (Å²) in [4.78, 5) is 16.3. The van der Waals surface area contributed by atoms with E-state index >= 15 is 0 Å². The van der Waals surface area contributed by atoms with Gasteiger partial charge in [0, 0.05) is 31.9 Å². The number of nitrogens with zero attached hydrogens (tertiary/aromatic N) is 2. The molecule has 7 heteroatoms. The molecule has 1 aliphatic heterocycles. The SMILES string of the molecule is Cc1cccc(OC(C)C(=O)N2CCN(c3cccc(C(F)(F)F)c3)CC2)c1C. The van der Waals surface area contributed by atoms with E-state index in [0.29, 0.717) is 37.6 Å². The summed E-state index contributed by atoms with van der Waals surface area (Å²) in [6.07, 6.45) is -5.00. The fourth-order valence-corrected chi connectivity index (χ4v) is 3.41. The molecule has 0 aliphatic carbocycles. The Morgan fingerprint density at radius 3 is 2.34 bits per heavy atom. The summed E-state index contributed by atoms with van der Waals surface area (Å²) < 4.78 is 44.7. The number of carbonyl (C=O) groups excluding carboxylic acids is 1. The molecule has 0 saturated carbocycles. The second-order valence-electron chi connectivity index (χ2n) is 7.32. The van der Waals surface area contributed by atoms with Crippen LogP contribution >= 0.6 is 0 Å². The van der Waals surface area contributed by atoms with Gasteiger partial charge in [-0.15, -0.1) is 0 Å². The van der Waals surface area contributed by atoms with E-state index < -0.39 is 17.8 Å². The summed E-state index contributed by atoms with van der Waals surface area (Å²) in [5.74, 6) is 0.572. The van der Waals surface area contributed by atoms with Gasteiger partial charge in [0.15, 0.2) is 6.10 Å². The van der Waals surface area contributed by atoms with Gasteiger partial charge in [-0.2, -0.15) is 13.2 Å². The second-order valence-corrected chi connectivity index (χ2v) is 7.32. The third-order valence-electron chi connectivity index (χ3n) is 5.34. The third-order valence-corrected chi connectivity index (χ3v) is 5.34. The maximum Gasteiger partial charge on any atom is 0.416 e. The van der Waals surface area contributed by atoms with E-state index in [-0.39, 0.29) is 5.91 Å². The van der Waals surface area contributed by atoms with Crippen LogP contribution in [0.1, 0.15) is 23.6 Å². The number of amides is 1. The maximum absolute atomic E-state index is 12.9. The summed E-state index contributed by atoms with van der Waals surface area (Å²) in [5.41, 5.74) is 1.95. The van der Waals surface area contributed by atoms with Crippen LogP contribution in [0.25, 0.3) is 0 Å². The van der Waals surface area contributed by atoms with E-state index in [1.54, 1.807) is 17.9 Å². The lowest BCUT2D eigenvalue weighted by atomic mass is 10.1. The van der Waals surface area contributed by atoms with Crippen LogP contribution in [0.4, 0.5) is 18.9 Å². The Bertz CT molecular complexity index is 875. The van der Waals surface area contributed by atoms with Gasteiger partial charge < -0.3 is 14.5 Å². The Morgan fingerprint density at radius 1 is 1.03 bits per heavy atom. The summed E-state index contributed by atoms with van der Waals surface area (Å²) in [5, 5.41) is 0. The van der Waals surface area contributed by atoms with Gasteiger partial charge >= 0.3 is 6.18 Å². The first kappa shape index (κ1) is 21.0. The van der Waals surface area contributed by atoms with Gasteiger partial charge in [0.1, 0.15) is 5.75 Å². The Balaban J connectivity index is 1.60. The van der Waals surface area contributed by atoms with Crippen molar-refractivity contribution in [3.05, 3.63) is 59.2 Å². The van der Waals surface area contributed by atoms with E-state index in [1.807, 2.05) is 36.9 Å². The van der Waals surface area contributed by atoms with Crippen LogP contribution in [0.15, 0.2) is 42.5 Å². The monoisotopic (exact) mass is 406 g/mol. The zero-order valence-corrected chi connectivity index (χ0v) is 16.8. The van der Waals surface area contributed by atoms with Crippen molar-refractivity contribution in [3.8, 4) is 5.75 Å². The molecule has 29 heavy (non-hydrogen) atoms. The zero-order chi connectivity index (χ0) is 21.2. The van der Waals surface area contributed by atoms with E-state index in [4.69, 9.17) is 4.74 Å². The molecule has 0 N–H and O–H groups in total. The van der Waals surface area contributed by atoms with Gasteiger partial charge in [0.2, 0.25) is 0 Å². The van der Waals surface area contributed by atoms with E-state index in [2.05, 4.69) is 0 Å². The maximum atomic E-state index is 12.9. The van der Waals surface area contributed by atoms with Crippen LogP contribution in [-0.2, 0) is 11.0 Å². The van der Waals surface area contributed by atoms with Crippen molar-refractivity contribution >= 4 is 11.6 Å². The fourth-order valence-electron chi connectivity index (χ4n) is 3.41. The Labute approximate surface area is 168 Å². The lowest BCUT2D eigenvalue weighted by Gasteiger charge is -2.37. The van der Waals surface area contributed by atoms with E-state index in [1.165, 1.54) is 6.07 Å². The Hall–Kier alpha value is -2.70. The summed E-state index contributed by atoms with van der Waals surface area (Å²) in [6, 6.07) is 11.0. The molecule has 0 spiro atoms. The minimum Gasteiger partial charge on any atom is -0.481 e. The zero-order valence-electron chi connectivity index (χ0n) is 16.8. The van der Waals surface area contributed by atoms with E-state index in [0.717, 1.165) is 23.3 Å². The van der Waals surface area contributed by atoms with Crippen LogP contribution in [0.3, 0.4) is 0 Å². The number of alkyl halides is 3. The average molecular weight is 406 g/mol. The number of hydrogen-bond donors (Lipinski definition) is 0. The molecule has 1 amide bonds. The van der Waals surface area contributed by atoms with E-state index in [9.17, 15) is 18.0 Å². The number of hydrogen-bond acceptors (Lipinski definition) is 3. The molecule has 1 saturated heterocycles. The van der Waals surface area contributed by atoms with Crippen molar-refractivity contribution in [2.75, 3.05) is 31.1 Å². The normalized spacial score (nSPS) is 15.9. The van der Waals surface area contributed by atoms with Crippen molar-refractivity contribution in [3.63, 3.8) is 0 Å².